The van der Waals surface area contributed by atoms with Crippen LogP contribution in [0.2, 0.25) is 0 Å². The lowest BCUT2D eigenvalue weighted by Gasteiger charge is -2.23. The van der Waals surface area contributed by atoms with Gasteiger partial charge in [0.15, 0.2) is 0 Å². The van der Waals surface area contributed by atoms with Crippen molar-refractivity contribution in [2.75, 3.05) is 6.61 Å². The van der Waals surface area contributed by atoms with Gasteiger partial charge in [0, 0.05) is 0 Å². The van der Waals surface area contributed by atoms with Crippen LogP contribution in [0, 0.1) is 24.2 Å². The Hall–Kier alpha value is -1.49. The lowest BCUT2D eigenvalue weighted by atomic mass is 9.86. The molecule has 0 spiro atoms. The van der Waals surface area contributed by atoms with Crippen LogP contribution < -0.4 is 4.74 Å². The molecule has 0 aliphatic rings. The molecule has 17 heavy (non-hydrogen) atoms. The zero-order chi connectivity index (χ0) is 13.1. The largest absolute Gasteiger partial charge is 0.492 e. The monoisotopic (exact) mass is 231 g/mol. The third-order valence-electron chi connectivity index (χ3n) is 2.65. The maximum Gasteiger partial charge on any atom is 0.123 e. The summed E-state index contributed by atoms with van der Waals surface area (Å²) in [6, 6.07) is 8.44. The van der Waals surface area contributed by atoms with Crippen LogP contribution in [-0.4, -0.2) is 6.61 Å². The first-order valence-corrected chi connectivity index (χ1v) is 5.98. The molecule has 0 fully saturated rings. The standard InChI is InChI=1S/C15H21NO/c1-11-6-7-13(15(3,4)5)14(8-11)17-10-12(2)9-16/h6-8,12H,10H2,1-5H3. The van der Waals surface area contributed by atoms with Gasteiger partial charge in [-0.15, -0.1) is 0 Å². The van der Waals surface area contributed by atoms with Gasteiger partial charge < -0.3 is 4.74 Å². The first kappa shape index (κ1) is 13.6. The zero-order valence-corrected chi connectivity index (χ0v) is 11.4. The number of hydrogen-bond donors (Lipinski definition) is 0. The quantitative estimate of drug-likeness (QED) is 0.792. The second kappa shape index (κ2) is 5.23. The van der Waals surface area contributed by atoms with Crippen LogP contribution in [0.1, 0.15) is 38.8 Å². The molecule has 92 valence electrons. The molecule has 2 heteroatoms. The van der Waals surface area contributed by atoms with Crippen LogP contribution in [0.5, 0.6) is 5.75 Å². The third kappa shape index (κ3) is 3.78. The number of nitrogens with zero attached hydrogens (tertiary/aromatic N) is 1. The average Bonchev–Trinajstić information content (AvgIpc) is 2.24. The molecule has 1 aromatic rings. The Bertz CT molecular complexity index is 424. The maximum atomic E-state index is 8.77. The van der Waals surface area contributed by atoms with Crippen LogP contribution in [0.4, 0.5) is 0 Å². The van der Waals surface area contributed by atoms with Crippen LogP contribution in [0.15, 0.2) is 18.2 Å². The number of nitriles is 1. The summed E-state index contributed by atoms with van der Waals surface area (Å²) in [7, 11) is 0. The maximum absolute atomic E-state index is 8.77. The summed E-state index contributed by atoms with van der Waals surface area (Å²) in [4.78, 5) is 0. The number of hydrogen-bond acceptors (Lipinski definition) is 2. The molecule has 0 heterocycles. The Labute approximate surface area is 104 Å². The van der Waals surface area contributed by atoms with Crippen molar-refractivity contribution < 1.29 is 4.74 Å². The molecule has 1 atom stereocenters. The molecule has 2 nitrogen and oxygen atoms in total. The van der Waals surface area contributed by atoms with Gasteiger partial charge in [0.1, 0.15) is 12.4 Å². The van der Waals surface area contributed by atoms with E-state index in [1.165, 1.54) is 11.1 Å². The minimum absolute atomic E-state index is 0.0545. The first-order valence-electron chi connectivity index (χ1n) is 5.98. The van der Waals surface area contributed by atoms with E-state index in [-0.39, 0.29) is 11.3 Å². The number of rotatable bonds is 3. The van der Waals surface area contributed by atoms with Crippen molar-refractivity contribution in [3.05, 3.63) is 29.3 Å². The van der Waals surface area contributed by atoms with Crippen molar-refractivity contribution in [3.63, 3.8) is 0 Å². The molecular formula is C15H21NO. The molecule has 0 aliphatic heterocycles. The Kier molecular flexibility index (Phi) is 4.17. The average molecular weight is 231 g/mol. The highest BCUT2D eigenvalue weighted by molar-refractivity contribution is 5.41. The zero-order valence-electron chi connectivity index (χ0n) is 11.4. The molecule has 0 amide bonds. The van der Waals surface area contributed by atoms with Crippen molar-refractivity contribution in [2.45, 2.75) is 40.0 Å². The molecule has 0 N–H and O–H groups in total. The fourth-order valence-electron chi connectivity index (χ4n) is 1.62. The lowest BCUT2D eigenvalue weighted by molar-refractivity contribution is 0.281. The first-order chi connectivity index (χ1) is 7.84. The van der Waals surface area contributed by atoms with Crippen molar-refractivity contribution in [1.29, 1.82) is 5.26 Å². The van der Waals surface area contributed by atoms with Crippen LogP contribution in [-0.2, 0) is 5.41 Å². The van der Waals surface area contributed by atoms with Gasteiger partial charge in [-0.3, -0.25) is 0 Å². The van der Waals surface area contributed by atoms with Gasteiger partial charge in [-0.1, -0.05) is 32.9 Å². The van der Waals surface area contributed by atoms with Gasteiger partial charge in [-0.2, -0.15) is 5.26 Å². The highest BCUT2D eigenvalue weighted by atomic mass is 16.5. The van der Waals surface area contributed by atoms with Crippen molar-refractivity contribution in [1.82, 2.24) is 0 Å². The Morgan fingerprint density at radius 1 is 1.35 bits per heavy atom. The predicted molar refractivity (Wildman–Crippen MR) is 70.2 cm³/mol. The summed E-state index contributed by atoms with van der Waals surface area (Å²) < 4.78 is 5.77. The minimum atomic E-state index is -0.0802. The second-order valence-electron chi connectivity index (χ2n) is 5.59. The summed E-state index contributed by atoms with van der Waals surface area (Å²) in [5.74, 6) is 0.822. The van der Waals surface area contributed by atoms with Gasteiger partial charge in [0.05, 0.1) is 12.0 Å². The SMILES string of the molecule is Cc1ccc(C(C)(C)C)c(OCC(C)C#N)c1. The molecule has 0 aliphatic carbocycles. The van der Waals surface area contributed by atoms with E-state index in [0.29, 0.717) is 6.61 Å². The van der Waals surface area contributed by atoms with Crippen LogP contribution in [0.3, 0.4) is 0 Å². The number of ether oxygens (including phenoxy) is 1. The van der Waals surface area contributed by atoms with E-state index in [1.807, 2.05) is 19.9 Å². The Balaban J connectivity index is 2.97. The van der Waals surface area contributed by atoms with Crippen LogP contribution >= 0.6 is 0 Å². The topological polar surface area (TPSA) is 33.0 Å². The van der Waals surface area contributed by atoms with E-state index < -0.39 is 0 Å². The minimum Gasteiger partial charge on any atom is -0.492 e. The van der Waals surface area contributed by atoms with Crippen molar-refractivity contribution in [2.24, 2.45) is 5.92 Å². The van der Waals surface area contributed by atoms with E-state index in [2.05, 4.69) is 39.0 Å². The molecule has 0 aromatic heterocycles. The molecule has 1 aromatic carbocycles. The summed E-state index contributed by atoms with van der Waals surface area (Å²) in [6.45, 7) is 10.9. The fraction of sp³-hybridized carbons (Fsp3) is 0.533. The van der Waals surface area contributed by atoms with Gasteiger partial charge in [-0.25, -0.2) is 0 Å². The molecule has 0 saturated heterocycles. The summed E-state index contributed by atoms with van der Waals surface area (Å²) in [6.07, 6.45) is 0. The van der Waals surface area contributed by atoms with E-state index in [1.54, 1.807) is 0 Å². The Morgan fingerprint density at radius 3 is 2.53 bits per heavy atom. The van der Waals surface area contributed by atoms with Crippen molar-refractivity contribution >= 4 is 0 Å². The summed E-state index contributed by atoms with van der Waals surface area (Å²) in [5.41, 5.74) is 2.42. The molecule has 0 bridgehead atoms. The number of aryl methyl sites for hydroxylation is 1. The summed E-state index contributed by atoms with van der Waals surface area (Å²) in [5, 5.41) is 8.77. The highest BCUT2D eigenvalue weighted by Crippen LogP contribution is 2.32. The molecular weight excluding hydrogens is 210 g/mol. The van der Waals surface area contributed by atoms with Crippen molar-refractivity contribution in [3.8, 4) is 11.8 Å². The normalized spacial score (nSPS) is 12.9. The van der Waals surface area contributed by atoms with E-state index >= 15 is 0 Å². The second-order valence-corrected chi connectivity index (χ2v) is 5.59. The predicted octanol–water partition coefficient (Wildman–Crippen LogP) is 3.83. The Morgan fingerprint density at radius 2 is 2.00 bits per heavy atom. The van der Waals surface area contributed by atoms with E-state index in [9.17, 15) is 0 Å². The lowest BCUT2D eigenvalue weighted by Crippen LogP contribution is -2.15. The van der Waals surface area contributed by atoms with Crippen LogP contribution in [0.25, 0.3) is 0 Å². The fourth-order valence-corrected chi connectivity index (χ4v) is 1.62. The van der Waals surface area contributed by atoms with E-state index in [4.69, 9.17) is 10.00 Å². The molecule has 1 rings (SSSR count). The highest BCUT2D eigenvalue weighted by Gasteiger charge is 2.19. The van der Waals surface area contributed by atoms with Gasteiger partial charge in [-0.05, 0) is 36.5 Å². The molecule has 1 unspecified atom stereocenters. The van der Waals surface area contributed by atoms with E-state index in [0.717, 1.165) is 5.75 Å². The third-order valence-corrected chi connectivity index (χ3v) is 2.65. The molecule has 0 saturated carbocycles. The van der Waals surface area contributed by atoms with Gasteiger partial charge >= 0.3 is 0 Å². The molecule has 0 radical (unpaired) electrons. The smallest absolute Gasteiger partial charge is 0.123 e. The summed E-state index contributed by atoms with van der Waals surface area (Å²) >= 11 is 0. The van der Waals surface area contributed by atoms with Gasteiger partial charge in [0.25, 0.3) is 0 Å². The number of benzene rings is 1. The van der Waals surface area contributed by atoms with Gasteiger partial charge in [0.2, 0.25) is 0 Å².